The molecule has 98 valence electrons. The third kappa shape index (κ3) is 2.63. The van der Waals surface area contributed by atoms with Crippen molar-refractivity contribution in [1.29, 1.82) is 0 Å². The number of nitrogens with zero attached hydrogens (tertiary/aromatic N) is 1. The number of rotatable bonds is 4. The van der Waals surface area contributed by atoms with Crippen molar-refractivity contribution in [3.05, 3.63) is 0 Å². The molecule has 17 heavy (non-hydrogen) atoms. The topological polar surface area (TPSA) is 49.8 Å². The zero-order valence-electron chi connectivity index (χ0n) is 10.7. The van der Waals surface area contributed by atoms with E-state index in [9.17, 15) is 4.79 Å². The Hall–Kier alpha value is -0.610. The summed E-state index contributed by atoms with van der Waals surface area (Å²) in [5.41, 5.74) is -0.582. The lowest BCUT2D eigenvalue weighted by atomic mass is 10.00. The van der Waals surface area contributed by atoms with Crippen molar-refractivity contribution >= 4 is 5.91 Å². The Morgan fingerprint density at radius 1 is 1.53 bits per heavy atom. The van der Waals surface area contributed by atoms with E-state index in [1.807, 2.05) is 11.8 Å². The van der Waals surface area contributed by atoms with Crippen LogP contribution in [0, 0.1) is 0 Å². The molecule has 0 radical (unpaired) electrons. The zero-order chi connectivity index (χ0) is 12.3. The molecule has 0 spiro atoms. The van der Waals surface area contributed by atoms with E-state index in [4.69, 9.17) is 9.84 Å². The van der Waals surface area contributed by atoms with E-state index in [-0.39, 0.29) is 12.5 Å². The van der Waals surface area contributed by atoms with Gasteiger partial charge in [-0.15, -0.1) is 0 Å². The monoisotopic (exact) mass is 241 g/mol. The minimum atomic E-state index is -0.582. The molecule has 1 amide bonds. The second kappa shape index (κ2) is 5.36. The van der Waals surface area contributed by atoms with Crippen LogP contribution in [0.3, 0.4) is 0 Å². The molecule has 1 N–H and O–H groups in total. The van der Waals surface area contributed by atoms with Crippen LogP contribution >= 0.6 is 0 Å². The van der Waals surface area contributed by atoms with Gasteiger partial charge in [0.2, 0.25) is 0 Å². The van der Waals surface area contributed by atoms with E-state index in [1.54, 1.807) is 0 Å². The van der Waals surface area contributed by atoms with Crippen molar-refractivity contribution in [3.8, 4) is 0 Å². The molecule has 2 atom stereocenters. The van der Waals surface area contributed by atoms with Crippen molar-refractivity contribution in [3.63, 3.8) is 0 Å². The number of carbonyl (C=O) groups is 1. The van der Waals surface area contributed by atoms with Gasteiger partial charge in [-0.3, -0.25) is 4.79 Å². The van der Waals surface area contributed by atoms with Gasteiger partial charge in [-0.05, 0) is 45.4 Å². The summed E-state index contributed by atoms with van der Waals surface area (Å²) < 4.78 is 5.63. The number of hydrogen-bond acceptors (Lipinski definition) is 3. The Balaban J connectivity index is 1.97. The predicted octanol–water partition coefficient (Wildman–Crippen LogP) is 1.32. The van der Waals surface area contributed by atoms with Crippen LogP contribution in [0.1, 0.15) is 45.4 Å². The van der Waals surface area contributed by atoms with Crippen LogP contribution in [0.4, 0.5) is 0 Å². The number of hydrogen-bond donors (Lipinski definition) is 1. The fraction of sp³-hybridized carbons (Fsp3) is 0.923. The van der Waals surface area contributed by atoms with E-state index >= 15 is 0 Å². The number of aliphatic hydroxyl groups is 1. The highest BCUT2D eigenvalue weighted by molar-refractivity contribution is 5.85. The molecule has 0 aliphatic carbocycles. The molecule has 0 aromatic heterocycles. The van der Waals surface area contributed by atoms with Gasteiger partial charge in [0, 0.05) is 25.8 Å². The summed E-state index contributed by atoms with van der Waals surface area (Å²) >= 11 is 0. The Morgan fingerprint density at radius 2 is 2.35 bits per heavy atom. The lowest BCUT2D eigenvalue weighted by molar-refractivity contribution is -0.152. The van der Waals surface area contributed by atoms with Crippen molar-refractivity contribution < 1.29 is 14.6 Å². The average molecular weight is 241 g/mol. The van der Waals surface area contributed by atoms with Gasteiger partial charge >= 0.3 is 0 Å². The molecule has 0 saturated carbocycles. The number of amides is 1. The van der Waals surface area contributed by atoms with Gasteiger partial charge in [0.1, 0.15) is 5.60 Å². The summed E-state index contributed by atoms with van der Waals surface area (Å²) in [5, 5.41) is 8.89. The van der Waals surface area contributed by atoms with E-state index in [1.165, 1.54) is 0 Å². The van der Waals surface area contributed by atoms with Gasteiger partial charge < -0.3 is 14.7 Å². The molecular weight excluding hydrogens is 218 g/mol. The van der Waals surface area contributed by atoms with Gasteiger partial charge in [0.25, 0.3) is 5.91 Å². The quantitative estimate of drug-likeness (QED) is 0.807. The second-order valence-corrected chi connectivity index (χ2v) is 5.34. The second-order valence-electron chi connectivity index (χ2n) is 5.34. The normalized spacial score (nSPS) is 33.3. The first-order valence-electron chi connectivity index (χ1n) is 6.73. The van der Waals surface area contributed by atoms with Crippen LogP contribution in [0.2, 0.25) is 0 Å². The van der Waals surface area contributed by atoms with Crippen LogP contribution in [0.15, 0.2) is 0 Å². The van der Waals surface area contributed by atoms with E-state index < -0.39 is 5.60 Å². The van der Waals surface area contributed by atoms with Crippen LogP contribution < -0.4 is 0 Å². The number of aliphatic hydroxyl groups excluding tert-OH is 1. The minimum absolute atomic E-state index is 0.162. The SMILES string of the molecule is CC1(C(=O)N2CCCC2CCCO)CCCO1. The molecule has 4 heteroatoms. The lowest BCUT2D eigenvalue weighted by Gasteiger charge is -2.32. The summed E-state index contributed by atoms with van der Waals surface area (Å²) in [6.45, 7) is 3.70. The minimum Gasteiger partial charge on any atom is -0.396 e. The van der Waals surface area contributed by atoms with Gasteiger partial charge in [-0.2, -0.15) is 0 Å². The summed E-state index contributed by atoms with van der Waals surface area (Å²) in [6.07, 6.45) is 5.68. The molecule has 0 bridgehead atoms. The molecule has 2 heterocycles. The Morgan fingerprint density at radius 3 is 3.00 bits per heavy atom. The smallest absolute Gasteiger partial charge is 0.254 e. The standard InChI is InChI=1S/C13H23NO3/c1-13(7-4-10-17-13)12(16)14-8-2-5-11(14)6-3-9-15/h11,15H,2-10H2,1H3. The third-order valence-electron chi connectivity index (χ3n) is 4.00. The largest absolute Gasteiger partial charge is 0.396 e. The maximum absolute atomic E-state index is 12.5. The maximum atomic E-state index is 12.5. The summed E-state index contributed by atoms with van der Waals surface area (Å²) in [5.74, 6) is 0.162. The molecule has 2 saturated heterocycles. The highest BCUT2D eigenvalue weighted by atomic mass is 16.5. The first kappa shape index (κ1) is 12.8. The Bertz CT molecular complexity index is 274. The third-order valence-corrected chi connectivity index (χ3v) is 4.00. The average Bonchev–Trinajstić information content (AvgIpc) is 2.95. The lowest BCUT2D eigenvalue weighted by Crippen LogP contribution is -2.48. The van der Waals surface area contributed by atoms with Crippen LogP contribution in [0.5, 0.6) is 0 Å². The molecule has 0 aromatic rings. The number of likely N-dealkylation sites (tertiary alicyclic amines) is 1. The molecule has 0 aromatic carbocycles. The molecule has 2 aliphatic heterocycles. The molecular formula is C13H23NO3. The molecule has 2 rings (SSSR count). The van der Waals surface area contributed by atoms with Crippen molar-refractivity contribution in [2.24, 2.45) is 0 Å². The van der Waals surface area contributed by atoms with Gasteiger partial charge in [0.15, 0.2) is 0 Å². The first-order valence-corrected chi connectivity index (χ1v) is 6.73. The number of carbonyl (C=O) groups excluding carboxylic acids is 1. The highest BCUT2D eigenvalue weighted by Gasteiger charge is 2.43. The fourth-order valence-electron chi connectivity index (χ4n) is 2.98. The van der Waals surface area contributed by atoms with Gasteiger partial charge in [-0.25, -0.2) is 0 Å². The number of ether oxygens (including phenoxy) is 1. The van der Waals surface area contributed by atoms with Gasteiger partial charge in [0.05, 0.1) is 0 Å². The van der Waals surface area contributed by atoms with Crippen LogP contribution in [-0.2, 0) is 9.53 Å². The summed E-state index contributed by atoms with van der Waals surface area (Å²) in [7, 11) is 0. The molecule has 2 fully saturated rings. The van der Waals surface area contributed by atoms with Crippen LogP contribution in [-0.4, -0.2) is 47.3 Å². The van der Waals surface area contributed by atoms with E-state index in [2.05, 4.69) is 0 Å². The van der Waals surface area contributed by atoms with Gasteiger partial charge in [-0.1, -0.05) is 0 Å². The van der Waals surface area contributed by atoms with E-state index in [0.29, 0.717) is 12.6 Å². The zero-order valence-corrected chi connectivity index (χ0v) is 10.7. The maximum Gasteiger partial charge on any atom is 0.254 e. The van der Waals surface area contributed by atoms with Crippen molar-refractivity contribution in [1.82, 2.24) is 4.90 Å². The van der Waals surface area contributed by atoms with Crippen molar-refractivity contribution in [2.45, 2.75) is 57.1 Å². The summed E-state index contributed by atoms with van der Waals surface area (Å²) in [4.78, 5) is 14.5. The van der Waals surface area contributed by atoms with Crippen LogP contribution in [0.25, 0.3) is 0 Å². The Labute approximate surface area is 103 Å². The highest BCUT2D eigenvalue weighted by Crippen LogP contribution is 2.31. The Kier molecular flexibility index (Phi) is 4.05. The molecule has 4 nitrogen and oxygen atoms in total. The molecule has 2 unspecified atom stereocenters. The predicted molar refractivity (Wildman–Crippen MR) is 64.6 cm³/mol. The molecule has 2 aliphatic rings. The summed E-state index contributed by atoms with van der Waals surface area (Å²) in [6, 6.07) is 0.315. The van der Waals surface area contributed by atoms with E-state index in [0.717, 1.165) is 45.1 Å². The van der Waals surface area contributed by atoms with Crippen molar-refractivity contribution in [2.75, 3.05) is 19.8 Å². The first-order chi connectivity index (χ1) is 8.17. The fourth-order valence-corrected chi connectivity index (χ4v) is 2.98.